The first kappa shape index (κ1) is 18.0. The number of fused-ring (bicyclic) bond motifs is 3. The monoisotopic (exact) mass is 394 g/mol. The molecule has 0 atom stereocenters. The molecule has 0 saturated carbocycles. The van der Waals surface area contributed by atoms with Gasteiger partial charge in [-0.1, -0.05) is 89.2 Å². The van der Waals surface area contributed by atoms with Gasteiger partial charge in [-0.25, -0.2) is 4.68 Å². The Morgan fingerprint density at radius 1 is 0.833 bits per heavy atom. The van der Waals surface area contributed by atoms with Crippen molar-refractivity contribution in [2.75, 3.05) is 0 Å². The Bertz CT molecular complexity index is 1200. The van der Waals surface area contributed by atoms with Crippen molar-refractivity contribution < 1.29 is 9.63 Å². The molecule has 0 amide bonds. The van der Waals surface area contributed by atoms with Crippen molar-refractivity contribution in [3.63, 3.8) is 0 Å². The van der Waals surface area contributed by atoms with Crippen LogP contribution >= 0.6 is 0 Å². The highest BCUT2D eigenvalue weighted by molar-refractivity contribution is 6.24. The van der Waals surface area contributed by atoms with Gasteiger partial charge < -0.3 is 4.84 Å². The quantitative estimate of drug-likeness (QED) is 0.321. The molecule has 0 unspecified atom stereocenters. The van der Waals surface area contributed by atoms with Crippen LogP contribution < -0.4 is 0 Å². The van der Waals surface area contributed by atoms with E-state index in [2.05, 4.69) is 27.6 Å². The standard InChI is InChI=1S/C24H18N4O2/c29-23(17-8-2-1-3-9-17)15-28-14-18(25-27-28)16-30-26-24-21-12-6-4-10-19(21)20-11-5-7-13-22(20)24/h1-14H,15-16H2. The van der Waals surface area contributed by atoms with Crippen LogP contribution in [0.4, 0.5) is 0 Å². The summed E-state index contributed by atoms with van der Waals surface area (Å²) in [6.07, 6.45) is 1.71. The van der Waals surface area contributed by atoms with Gasteiger partial charge in [0, 0.05) is 16.7 Å². The van der Waals surface area contributed by atoms with Crippen LogP contribution in [0.5, 0.6) is 0 Å². The summed E-state index contributed by atoms with van der Waals surface area (Å²) >= 11 is 0. The van der Waals surface area contributed by atoms with Crippen LogP contribution in [0.15, 0.2) is 90.2 Å². The first-order valence-electron chi connectivity index (χ1n) is 9.66. The van der Waals surface area contributed by atoms with E-state index in [1.54, 1.807) is 18.3 Å². The van der Waals surface area contributed by atoms with E-state index in [1.807, 2.05) is 54.6 Å². The number of hydrogen-bond acceptors (Lipinski definition) is 5. The maximum Gasteiger partial charge on any atom is 0.184 e. The molecule has 0 bridgehead atoms. The van der Waals surface area contributed by atoms with Gasteiger partial charge in [-0.05, 0) is 11.1 Å². The first-order chi connectivity index (χ1) is 14.8. The zero-order valence-electron chi connectivity index (χ0n) is 16.1. The lowest BCUT2D eigenvalue weighted by Crippen LogP contribution is -2.10. The Morgan fingerprint density at radius 2 is 1.43 bits per heavy atom. The minimum absolute atomic E-state index is 0.0209. The van der Waals surface area contributed by atoms with Crippen molar-refractivity contribution in [3.05, 3.63) is 107 Å². The fourth-order valence-corrected chi connectivity index (χ4v) is 3.60. The lowest BCUT2D eigenvalue weighted by Gasteiger charge is -2.02. The minimum Gasteiger partial charge on any atom is -0.389 e. The maximum absolute atomic E-state index is 12.3. The number of ketones is 1. The van der Waals surface area contributed by atoms with E-state index in [4.69, 9.17) is 4.84 Å². The van der Waals surface area contributed by atoms with E-state index in [0.29, 0.717) is 11.3 Å². The van der Waals surface area contributed by atoms with E-state index in [0.717, 1.165) is 28.0 Å². The van der Waals surface area contributed by atoms with Crippen LogP contribution in [0.25, 0.3) is 11.1 Å². The molecule has 4 aromatic rings. The Balaban J connectivity index is 1.29. The largest absolute Gasteiger partial charge is 0.389 e. The summed E-state index contributed by atoms with van der Waals surface area (Å²) in [5.41, 5.74) is 6.48. The van der Waals surface area contributed by atoms with Crippen LogP contribution in [0, 0.1) is 0 Å². The fourth-order valence-electron chi connectivity index (χ4n) is 3.60. The molecule has 6 heteroatoms. The summed E-state index contributed by atoms with van der Waals surface area (Å²) in [6, 6.07) is 25.4. The first-order valence-corrected chi connectivity index (χ1v) is 9.66. The Morgan fingerprint density at radius 3 is 2.10 bits per heavy atom. The zero-order valence-corrected chi connectivity index (χ0v) is 16.1. The molecule has 0 aliphatic heterocycles. The van der Waals surface area contributed by atoms with Gasteiger partial charge in [0.15, 0.2) is 12.4 Å². The lowest BCUT2D eigenvalue weighted by atomic mass is 10.1. The molecule has 0 saturated heterocycles. The van der Waals surface area contributed by atoms with E-state index >= 15 is 0 Å². The predicted molar refractivity (Wildman–Crippen MR) is 113 cm³/mol. The van der Waals surface area contributed by atoms with Crippen molar-refractivity contribution in [2.45, 2.75) is 13.2 Å². The van der Waals surface area contributed by atoms with Crippen molar-refractivity contribution in [2.24, 2.45) is 5.16 Å². The maximum atomic E-state index is 12.3. The van der Waals surface area contributed by atoms with Crippen LogP contribution in [0.1, 0.15) is 27.2 Å². The third-order valence-electron chi connectivity index (χ3n) is 5.01. The molecule has 0 radical (unpaired) electrons. The highest BCUT2D eigenvalue weighted by atomic mass is 16.6. The third-order valence-corrected chi connectivity index (χ3v) is 5.01. The van der Waals surface area contributed by atoms with Gasteiger partial charge in [0.05, 0.1) is 6.20 Å². The SMILES string of the molecule is O=C(Cn1cc(CON=C2c3ccccc3-c3ccccc32)nn1)c1ccccc1. The molecular formula is C24H18N4O2. The van der Waals surface area contributed by atoms with Crippen molar-refractivity contribution in [3.8, 4) is 11.1 Å². The summed E-state index contributed by atoms with van der Waals surface area (Å²) in [5.74, 6) is -0.0209. The summed E-state index contributed by atoms with van der Waals surface area (Å²) in [7, 11) is 0. The highest BCUT2D eigenvalue weighted by Gasteiger charge is 2.24. The minimum atomic E-state index is -0.0209. The molecule has 3 aromatic carbocycles. The molecule has 6 nitrogen and oxygen atoms in total. The summed E-state index contributed by atoms with van der Waals surface area (Å²) < 4.78 is 1.52. The van der Waals surface area contributed by atoms with E-state index < -0.39 is 0 Å². The Hall–Kier alpha value is -4.06. The number of rotatable bonds is 6. The fraction of sp³-hybridized carbons (Fsp3) is 0.0833. The summed E-state index contributed by atoms with van der Waals surface area (Å²) in [6.45, 7) is 0.305. The van der Waals surface area contributed by atoms with Gasteiger partial charge >= 0.3 is 0 Å². The number of carbonyl (C=O) groups is 1. The molecule has 0 N–H and O–H groups in total. The Labute approximate surface area is 173 Å². The van der Waals surface area contributed by atoms with Crippen molar-refractivity contribution in [1.82, 2.24) is 15.0 Å². The second-order valence-electron chi connectivity index (χ2n) is 7.00. The number of hydrogen-bond donors (Lipinski definition) is 0. The van der Waals surface area contributed by atoms with Gasteiger partial charge in [0.2, 0.25) is 0 Å². The third kappa shape index (κ3) is 3.39. The lowest BCUT2D eigenvalue weighted by molar-refractivity contribution is 0.0967. The number of Topliss-reactive ketones (excluding diaryl/α,β-unsaturated/α-hetero) is 1. The second-order valence-corrected chi connectivity index (χ2v) is 7.00. The summed E-state index contributed by atoms with van der Waals surface area (Å²) in [5, 5.41) is 12.5. The average molecular weight is 394 g/mol. The van der Waals surface area contributed by atoms with Crippen LogP contribution in [-0.4, -0.2) is 26.5 Å². The highest BCUT2D eigenvalue weighted by Crippen LogP contribution is 2.36. The zero-order chi connectivity index (χ0) is 20.3. The molecular weight excluding hydrogens is 376 g/mol. The molecule has 146 valence electrons. The number of benzene rings is 3. The molecule has 1 aromatic heterocycles. The Kier molecular flexibility index (Phi) is 4.65. The van der Waals surface area contributed by atoms with Crippen molar-refractivity contribution >= 4 is 11.5 Å². The van der Waals surface area contributed by atoms with Gasteiger partial charge in [-0.2, -0.15) is 0 Å². The topological polar surface area (TPSA) is 69.4 Å². The van der Waals surface area contributed by atoms with Gasteiger partial charge in [-0.15, -0.1) is 5.10 Å². The van der Waals surface area contributed by atoms with Gasteiger partial charge in [0.25, 0.3) is 0 Å². The van der Waals surface area contributed by atoms with Crippen LogP contribution in [0.2, 0.25) is 0 Å². The summed E-state index contributed by atoms with van der Waals surface area (Å²) in [4.78, 5) is 17.9. The molecule has 0 fully saturated rings. The van der Waals surface area contributed by atoms with E-state index in [1.165, 1.54) is 4.68 Å². The van der Waals surface area contributed by atoms with Crippen molar-refractivity contribution in [1.29, 1.82) is 0 Å². The van der Waals surface area contributed by atoms with Crippen LogP contribution in [-0.2, 0) is 18.0 Å². The van der Waals surface area contributed by atoms with E-state index in [9.17, 15) is 4.79 Å². The van der Waals surface area contributed by atoms with E-state index in [-0.39, 0.29) is 18.9 Å². The molecule has 1 aliphatic rings. The smallest absolute Gasteiger partial charge is 0.184 e. The van der Waals surface area contributed by atoms with Gasteiger partial charge in [-0.3, -0.25) is 4.79 Å². The molecule has 30 heavy (non-hydrogen) atoms. The molecule has 1 aliphatic carbocycles. The number of carbonyl (C=O) groups excluding carboxylic acids is 1. The number of oxime groups is 1. The molecule has 1 heterocycles. The average Bonchev–Trinajstić information content (AvgIpc) is 3.37. The normalized spacial score (nSPS) is 11.7. The van der Waals surface area contributed by atoms with Crippen LogP contribution in [0.3, 0.4) is 0 Å². The number of nitrogens with zero attached hydrogens (tertiary/aromatic N) is 4. The number of aromatic nitrogens is 3. The second kappa shape index (κ2) is 7.75. The predicted octanol–water partition coefficient (Wildman–Crippen LogP) is 4.11. The molecule has 0 spiro atoms. The van der Waals surface area contributed by atoms with Gasteiger partial charge in [0.1, 0.15) is 18.0 Å². The molecule has 5 rings (SSSR count).